The third-order valence-electron chi connectivity index (χ3n) is 3.08. The molecule has 0 heterocycles. The number of carboxylic acid groups (broad SMARTS) is 1. The predicted octanol–water partition coefficient (Wildman–Crippen LogP) is 4.66. The zero-order valence-corrected chi connectivity index (χ0v) is 12.1. The summed E-state index contributed by atoms with van der Waals surface area (Å²) in [5, 5.41) is 8.65. The van der Waals surface area contributed by atoms with E-state index in [2.05, 4.69) is 4.74 Å². The van der Waals surface area contributed by atoms with Gasteiger partial charge in [-0.1, -0.05) is 30.3 Å². The smallest absolute Gasteiger partial charge is 0.478 e. The largest absolute Gasteiger partial charge is 0.573 e. The maximum Gasteiger partial charge on any atom is 0.573 e. The number of carboxylic acids is 1. The lowest BCUT2D eigenvalue weighted by Gasteiger charge is -2.15. The molecule has 0 aliphatic heterocycles. The van der Waals surface area contributed by atoms with Crippen LogP contribution in [0.1, 0.15) is 11.1 Å². The van der Waals surface area contributed by atoms with Gasteiger partial charge in [-0.3, -0.25) is 0 Å². The van der Waals surface area contributed by atoms with Crippen LogP contribution < -0.4 is 4.74 Å². The van der Waals surface area contributed by atoms with Crippen LogP contribution in [0.2, 0.25) is 0 Å². The van der Waals surface area contributed by atoms with E-state index in [-0.39, 0.29) is 11.3 Å². The van der Waals surface area contributed by atoms with Gasteiger partial charge < -0.3 is 9.84 Å². The molecule has 2 rings (SSSR count). The summed E-state index contributed by atoms with van der Waals surface area (Å²) in [6.45, 7) is 1.77. The molecule has 0 aliphatic carbocycles. The molecule has 0 unspecified atom stereocenters. The third kappa shape index (κ3) is 4.60. The van der Waals surface area contributed by atoms with Crippen molar-refractivity contribution in [2.24, 2.45) is 0 Å². The van der Waals surface area contributed by atoms with Gasteiger partial charge in [0.15, 0.2) is 0 Å². The fourth-order valence-electron chi connectivity index (χ4n) is 2.12. The lowest BCUT2D eigenvalue weighted by Crippen LogP contribution is -2.17. The maximum absolute atomic E-state index is 12.6. The minimum absolute atomic E-state index is 0.243. The molecule has 0 bridgehead atoms. The van der Waals surface area contributed by atoms with E-state index in [9.17, 15) is 18.0 Å². The van der Waals surface area contributed by atoms with Crippen LogP contribution in [0.15, 0.2) is 48.5 Å². The topological polar surface area (TPSA) is 46.5 Å². The molecule has 0 aromatic heterocycles. The second-order valence-electron chi connectivity index (χ2n) is 4.79. The summed E-state index contributed by atoms with van der Waals surface area (Å²) in [5.74, 6) is -1.47. The van der Waals surface area contributed by atoms with Crippen molar-refractivity contribution < 1.29 is 27.8 Å². The molecular formula is C17H13F3O3. The molecular weight excluding hydrogens is 309 g/mol. The Labute approximate surface area is 130 Å². The molecule has 0 saturated carbocycles. The molecule has 2 aromatic rings. The number of hydrogen-bond acceptors (Lipinski definition) is 2. The minimum Gasteiger partial charge on any atom is -0.478 e. The fourth-order valence-corrected chi connectivity index (χ4v) is 2.12. The average Bonchev–Trinajstić information content (AvgIpc) is 2.45. The Kier molecular flexibility index (Phi) is 4.74. The molecule has 1 N–H and O–H groups in total. The normalized spacial score (nSPS) is 11.7. The number of carbonyl (C=O) groups is 1. The number of aryl methyl sites for hydroxylation is 1. The van der Waals surface area contributed by atoms with E-state index in [0.717, 1.165) is 11.6 Å². The first-order chi connectivity index (χ1) is 10.8. The first-order valence-electron chi connectivity index (χ1n) is 6.63. The highest BCUT2D eigenvalue weighted by Gasteiger charge is 2.32. The molecule has 23 heavy (non-hydrogen) atoms. The number of ether oxygens (including phenoxy) is 1. The van der Waals surface area contributed by atoms with E-state index in [1.807, 2.05) is 0 Å². The summed E-state index contributed by atoms with van der Waals surface area (Å²) in [6.07, 6.45) is -2.58. The summed E-state index contributed by atoms with van der Waals surface area (Å²) in [7, 11) is 0. The van der Waals surface area contributed by atoms with E-state index >= 15 is 0 Å². The van der Waals surface area contributed by atoms with Crippen LogP contribution in [-0.2, 0) is 4.79 Å². The quantitative estimate of drug-likeness (QED) is 0.833. The van der Waals surface area contributed by atoms with Gasteiger partial charge in [-0.05, 0) is 41.8 Å². The first kappa shape index (κ1) is 16.6. The van der Waals surface area contributed by atoms with Gasteiger partial charge in [-0.2, -0.15) is 0 Å². The van der Waals surface area contributed by atoms with Crippen molar-refractivity contribution in [3.63, 3.8) is 0 Å². The van der Waals surface area contributed by atoms with Crippen molar-refractivity contribution in [1.29, 1.82) is 0 Å². The molecule has 0 atom stereocenters. The standard InChI is InChI=1S/C17H13F3O3/c1-11-4-2-3-5-13(11)14-10-12(7-9-16(21)22)6-8-15(14)23-17(18,19)20/h2-10H,1H3,(H,21,22). The Morgan fingerprint density at radius 1 is 1.13 bits per heavy atom. The molecule has 3 nitrogen and oxygen atoms in total. The molecule has 0 saturated heterocycles. The Balaban J connectivity index is 2.56. The van der Waals surface area contributed by atoms with Crippen LogP contribution in [0.3, 0.4) is 0 Å². The second kappa shape index (κ2) is 6.56. The van der Waals surface area contributed by atoms with Crippen LogP contribution in [0.25, 0.3) is 17.2 Å². The molecule has 0 radical (unpaired) electrons. The SMILES string of the molecule is Cc1ccccc1-c1cc(C=CC(=O)O)ccc1OC(F)(F)F. The van der Waals surface area contributed by atoms with Crippen molar-refractivity contribution in [2.45, 2.75) is 13.3 Å². The number of alkyl halides is 3. The van der Waals surface area contributed by atoms with Gasteiger partial charge in [0.05, 0.1) is 0 Å². The number of hydrogen-bond donors (Lipinski definition) is 1. The molecule has 6 heteroatoms. The van der Waals surface area contributed by atoms with Gasteiger partial charge in [0.25, 0.3) is 0 Å². The van der Waals surface area contributed by atoms with Crippen LogP contribution in [0.4, 0.5) is 13.2 Å². The van der Waals surface area contributed by atoms with E-state index in [1.165, 1.54) is 24.3 Å². The minimum atomic E-state index is -4.81. The zero-order valence-electron chi connectivity index (χ0n) is 12.1. The van der Waals surface area contributed by atoms with Crippen molar-refractivity contribution in [3.8, 4) is 16.9 Å². The van der Waals surface area contributed by atoms with Gasteiger partial charge in [-0.15, -0.1) is 13.2 Å². The van der Waals surface area contributed by atoms with Crippen molar-refractivity contribution >= 4 is 12.0 Å². The lowest BCUT2D eigenvalue weighted by atomic mass is 9.98. The monoisotopic (exact) mass is 322 g/mol. The van der Waals surface area contributed by atoms with Crippen LogP contribution in [0.5, 0.6) is 5.75 Å². The van der Waals surface area contributed by atoms with Gasteiger partial charge in [0.2, 0.25) is 0 Å². The van der Waals surface area contributed by atoms with Gasteiger partial charge in [0, 0.05) is 11.6 Å². The summed E-state index contributed by atoms with van der Waals surface area (Å²) in [4.78, 5) is 10.6. The van der Waals surface area contributed by atoms with Gasteiger partial charge >= 0.3 is 12.3 Å². The number of halogens is 3. The zero-order chi connectivity index (χ0) is 17.0. The van der Waals surface area contributed by atoms with Crippen LogP contribution in [-0.4, -0.2) is 17.4 Å². The fraction of sp³-hybridized carbons (Fsp3) is 0.118. The summed E-state index contributed by atoms with van der Waals surface area (Å²) in [5.41, 5.74) is 2.06. The highest BCUT2D eigenvalue weighted by molar-refractivity contribution is 5.86. The molecule has 0 aliphatic rings. The number of rotatable bonds is 4. The van der Waals surface area contributed by atoms with E-state index in [1.54, 1.807) is 31.2 Å². The van der Waals surface area contributed by atoms with Crippen molar-refractivity contribution in [3.05, 3.63) is 59.7 Å². The van der Waals surface area contributed by atoms with Crippen molar-refractivity contribution in [2.75, 3.05) is 0 Å². The average molecular weight is 322 g/mol. The molecule has 0 spiro atoms. The highest BCUT2D eigenvalue weighted by atomic mass is 19.4. The second-order valence-corrected chi connectivity index (χ2v) is 4.79. The van der Waals surface area contributed by atoms with E-state index in [4.69, 9.17) is 5.11 Å². The Bertz CT molecular complexity index is 749. The molecule has 0 fully saturated rings. The highest BCUT2D eigenvalue weighted by Crippen LogP contribution is 2.36. The maximum atomic E-state index is 12.6. The van der Waals surface area contributed by atoms with Gasteiger partial charge in [0.1, 0.15) is 5.75 Å². The lowest BCUT2D eigenvalue weighted by molar-refractivity contribution is -0.274. The Morgan fingerprint density at radius 2 is 1.83 bits per heavy atom. The first-order valence-corrected chi connectivity index (χ1v) is 6.63. The van der Waals surface area contributed by atoms with Crippen molar-refractivity contribution in [1.82, 2.24) is 0 Å². The third-order valence-corrected chi connectivity index (χ3v) is 3.08. The predicted molar refractivity (Wildman–Crippen MR) is 80.0 cm³/mol. The van der Waals surface area contributed by atoms with Gasteiger partial charge in [-0.25, -0.2) is 4.79 Å². The summed E-state index contributed by atoms with van der Waals surface area (Å²) in [6, 6.07) is 10.9. The molecule has 0 amide bonds. The number of benzene rings is 2. The summed E-state index contributed by atoms with van der Waals surface area (Å²) >= 11 is 0. The van der Waals surface area contributed by atoms with Crippen LogP contribution in [0, 0.1) is 6.92 Å². The van der Waals surface area contributed by atoms with E-state index < -0.39 is 12.3 Å². The van der Waals surface area contributed by atoms with Crippen LogP contribution >= 0.6 is 0 Å². The number of aliphatic carboxylic acids is 1. The summed E-state index contributed by atoms with van der Waals surface area (Å²) < 4.78 is 41.8. The molecule has 2 aromatic carbocycles. The molecule has 120 valence electrons. The Hall–Kier alpha value is -2.76. The Morgan fingerprint density at radius 3 is 2.43 bits per heavy atom. The van der Waals surface area contributed by atoms with E-state index in [0.29, 0.717) is 11.1 Å².